The molecule has 1 fully saturated rings. The lowest BCUT2D eigenvalue weighted by atomic mass is 10.1. The third-order valence-corrected chi connectivity index (χ3v) is 4.13. The summed E-state index contributed by atoms with van der Waals surface area (Å²) in [6.45, 7) is 19.8. The third-order valence-electron chi connectivity index (χ3n) is 4.13. The van der Waals surface area contributed by atoms with Crippen molar-refractivity contribution < 1.29 is 4.74 Å². The zero-order valence-corrected chi connectivity index (χ0v) is 15.6. The molecule has 6 heteroatoms. The van der Waals surface area contributed by atoms with E-state index >= 15 is 0 Å². The molecule has 1 atom stereocenters. The summed E-state index contributed by atoms with van der Waals surface area (Å²) in [4.78, 5) is 9.80. The second-order valence-electron chi connectivity index (χ2n) is 6.18. The van der Waals surface area contributed by atoms with Crippen LogP contribution in [0, 0.1) is 5.92 Å². The molecule has 23 heavy (non-hydrogen) atoms. The Balaban J connectivity index is 2.27. The predicted octanol–water partition coefficient (Wildman–Crippen LogP) is 0.852. The predicted molar refractivity (Wildman–Crippen MR) is 98.2 cm³/mol. The molecule has 0 aliphatic carbocycles. The number of ether oxygens (including phenoxy) is 1. The zero-order chi connectivity index (χ0) is 16.9. The molecule has 1 unspecified atom stereocenters. The van der Waals surface area contributed by atoms with E-state index in [1.165, 1.54) is 32.7 Å². The highest BCUT2D eigenvalue weighted by Crippen LogP contribution is 2.06. The van der Waals surface area contributed by atoms with Crippen molar-refractivity contribution in [3.05, 3.63) is 0 Å². The fraction of sp³-hybridized carbons (Fsp3) is 0.941. The Kier molecular flexibility index (Phi) is 11.0. The van der Waals surface area contributed by atoms with Crippen LogP contribution in [0.4, 0.5) is 0 Å². The Labute approximate surface area is 142 Å². The Bertz CT molecular complexity index is 316. The summed E-state index contributed by atoms with van der Waals surface area (Å²) in [5.41, 5.74) is 0. The Hall–Kier alpha value is -0.850. The fourth-order valence-corrected chi connectivity index (χ4v) is 2.76. The van der Waals surface area contributed by atoms with Crippen molar-refractivity contribution in [2.24, 2.45) is 10.9 Å². The zero-order valence-electron chi connectivity index (χ0n) is 15.6. The Morgan fingerprint density at radius 3 is 2.39 bits per heavy atom. The quantitative estimate of drug-likeness (QED) is 0.354. The maximum atomic E-state index is 5.35. The maximum absolute atomic E-state index is 5.35. The fourth-order valence-electron chi connectivity index (χ4n) is 2.76. The van der Waals surface area contributed by atoms with Crippen LogP contribution in [0.25, 0.3) is 0 Å². The molecule has 1 rings (SSSR count). The first-order chi connectivity index (χ1) is 11.2. The first kappa shape index (κ1) is 20.2. The van der Waals surface area contributed by atoms with Gasteiger partial charge in [0.2, 0.25) is 0 Å². The molecular formula is C17H37N5O. The monoisotopic (exact) mass is 327 g/mol. The van der Waals surface area contributed by atoms with Crippen molar-refractivity contribution in [3.63, 3.8) is 0 Å². The molecule has 0 aromatic carbocycles. The summed E-state index contributed by atoms with van der Waals surface area (Å²) >= 11 is 0. The highest BCUT2D eigenvalue weighted by Gasteiger charge is 2.17. The van der Waals surface area contributed by atoms with Gasteiger partial charge in [-0.15, -0.1) is 0 Å². The van der Waals surface area contributed by atoms with Gasteiger partial charge in [-0.25, -0.2) is 0 Å². The van der Waals surface area contributed by atoms with Crippen LogP contribution in [0.5, 0.6) is 0 Å². The van der Waals surface area contributed by atoms with Gasteiger partial charge in [-0.05, 0) is 26.3 Å². The Morgan fingerprint density at radius 2 is 1.78 bits per heavy atom. The van der Waals surface area contributed by atoms with Gasteiger partial charge >= 0.3 is 0 Å². The van der Waals surface area contributed by atoms with E-state index in [9.17, 15) is 0 Å². The van der Waals surface area contributed by atoms with E-state index in [-0.39, 0.29) is 0 Å². The smallest absolute Gasteiger partial charge is 0.191 e. The molecule has 136 valence electrons. The van der Waals surface area contributed by atoms with Crippen molar-refractivity contribution in [2.45, 2.75) is 27.7 Å². The van der Waals surface area contributed by atoms with Crippen LogP contribution in [0.1, 0.15) is 27.7 Å². The van der Waals surface area contributed by atoms with Crippen LogP contribution < -0.4 is 10.6 Å². The minimum atomic E-state index is 0.575. The SMILES string of the molecule is CCNC(=NCC(C)CN1CCN(CC)CC1)NCCOCC. The van der Waals surface area contributed by atoms with Gasteiger partial charge in [-0.3, -0.25) is 4.99 Å². The lowest BCUT2D eigenvalue weighted by Crippen LogP contribution is -2.47. The molecule has 0 amide bonds. The summed E-state index contributed by atoms with van der Waals surface area (Å²) in [6, 6.07) is 0. The molecule has 6 nitrogen and oxygen atoms in total. The van der Waals surface area contributed by atoms with Crippen molar-refractivity contribution in [1.29, 1.82) is 0 Å². The first-order valence-corrected chi connectivity index (χ1v) is 9.24. The molecule has 0 saturated carbocycles. The molecule has 0 spiro atoms. The van der Waals surface area contributed by atoms with Crippen molar-refractivity contribution in [3.8, 4) is 0 Å². The summed E-state index contributed by atoms with van der Waals surface area (Å²) < 4.78 is 5.35. The number of guanidine groups is 1. The number of hydrogen-bond acceptors (Lipinski definition) is 4. The number of piperazine rings is 1. The Morgan fingerprint density at radius 1 is 1.09 bits per heavy atom. The van der Waals surface area contributed by atoms with E-state index in [0.29, 0.717) is 5.92 Å². The molecule has 0 aromatic rings. The van der Waals surface area contributed by atoms with Crippen molar-refractivity contribution >= 4 is 5.96 Å². The van der Waals surface area contributed by atoms with Crippen LogP contribution in [0.3, 0.4) is 0 Å². The van der Waals surface area contributed by atoms with E-state index in [1.54, 1.807) is 0 Å². The lowest BCUT2D eigenvalue weighted by Gasteiger charge is -2.35. The minimum absolute atomic E-state index is 0.575. The van der Waals surface area contributed by atoms with E-state index < -0.39 is 0 Å². The highest BCUT2D eigenvalue weighted by atomic mass is 16.5. The molecule has 1 aliphatic heterocycles. The normalized spacial score (nSPS) is 18.9. The molecule has 1 heterocycles. The summed E-state index contributed by atoms with van der Waals surface area (Å²) in [5, 5.41) is 6.62. The first-order valence-electron chi connectivity index (χ1n) is 9.24. The van der Waals surface area contributed by atoms with Gasteiger partial charge in [0, 0.05) is 59.0 Å². The molecule has 0 bridgehead atoms. The number of aliphatic imine (C=N–C) groups is 1. The second-order valence-corrected chi connectivity index (χ2v) is 6.18. The maximum Gasteiger partial charge on any atom is 0.191 e. The summed E-state index contributed by atoms with van der Waals surface area (Å²) in [5.74, 6) is 1.47. The second kappa shape index (κ2) is 12.6. The van der Waals surface area contributed by atoms with Crippen molar-refractivity contribution in [2.75, 3.05) is 72.1 Å². The van der Waals surface area contributed by atoms with Crippen molar-refractivity contribution in [1.82, 2.24) is 20.4 Å². The number of nitrogens with one attached hydrogen (secondary N) is 2. The standard InChI is InChI=1S/C17H37N5O/c1-5-18-17(19-8-13-23-7-3)20-14-16(4)15-22-11-9-21(6-2)10-12-22/h16H,5-15H2,1-4H3,(H2,18,19,20). The van der Waals surface area contributed by atoms with Crippen LogP contribution in [-0.4, -0.2) is 87.9 Å². The van der Waals surface area contributed by atoms with Crippen LogP contribution in [0.2, 0.25) is 0 Å². The van der Waals surface area contributed by atoms with E-state index in [1.807, 2.05) is 6.92 Å². The van der Waals surface area contributed by atoms with Gasteiger partial charge in [0.25, 0.3) is 0 Å². The average molecular weight is 328 g/mol. The average Bonchev–Trinajstić information content (AvgIpc) is 2.57. The summed E-state index contributed by atoms with van der Waals surface area (Å²) in [7, 11) is 0. The molecule has 0 aromatic heterocycles. The van der Waals surface area contributed by atoms with E-state index in [4.69, 9.17) is 9.73 Å². The number of nitrogens with zero attached hydrogens (tertiary/aromatic N) is 3. The van der Waals surface area contributed by atoms with E-state index in [0.717, 1.165) is 45.4 Å². The molecular weight excluding hydrogens is 290 g/mol. The van der Waals surface area contributed by atoms with Crippen LogP contribution >= 0.6 is 0 Å². The molecule has 1 aliphatic rings. The summed E-state index contributed by atoms with van der Waals surface area (Å²) in [6.07, 6.45) is 0. The minimum Gasteiger partial charge on any atom is -0.380 e. The molecule has 0 radical (unpaired) electrons. The van der Waals surface area contributed by atoms with Gasteiger partial charge in [0.05, 0.1) is 6.61 Å². The topological polar surface area (TPSA) is 52.1 Å². The van der Waals surface area contributed by atoms with Gasteiger partial charge in [-0.1, -0.05) is 13.8 Å². The lowest BCUT2D eigenvalue weighted by molar-refractivity contribution is 0.125. The third kappa shape index (κ3) is 9.13. The van der Waals surface area contributed by atoms with E-state index in [2.05, 4.69) is 41.2 Å². The van der Waals surface area contributed by atoms with Crippen LogP contribution in [-0.2, 0) is 4.74 Å². The number of hydrogen-bond donors (Lipinski definition) is 2. The van der Waals surface area contributed by atoms with Gasteiger partial charge in [-0.2, -0.15) is 0 Å². The molecule has 1 saturated heterocycles. The van der Waals surface area contributed by atoms with Gasteiger partial charge in [0.1, 0.15) is 0 Å². The van der Waals surface area contributed by atoms with Gasteiger partial charge < -0.3 is 25.2 Å². The molecule has 2 N–H and O–H groups in total. The highest BCUT2D eigenvalue weighted by molar-refractivity contribution is 5.79. The largest absolute Gasteiger partial charge is 0.380 e. The number of likely N-dealkylation sites (N-methyl/N-ethyl adjacent to an activating group) is 1. The number of rotatable bonds is 10. The van der Waals surface area contributed by atoms with Crippen LogP contribution in [0.15, 0.2) is 4.99 Å². The van der Waals surface area contributed by atoms with Gasteiger partial charge in [0.15, 0.2) is 5.96 Å².